The van der Waals surface area contributed by atoms with Gasteiger partial charge in [0.1, 0.15) is 0 Å². The van der Waals surface area contributed by atoms with Gasteiger partial charge in [-0.3, -0.25) is 0 Å². The number of halogens is 5. The van der Waals surface area contributed by atoms with Crippen molar-refractivity contribution in [3.8, 4) is 0 Å². The van der Waals surface area contributed by atoms with Crippen LogP contribution >= 0.6 is 10.7 Å². The van der Waals surface area contributed by atoms with Crippen LogP contribution in [0.25, 0.3) is 0 Å². The number of rotatable bonds is 1. The van der Waals surface area contributed by atoms with Crippen molar-refractivity contribution >= 4 is 19.7 Å². The Morgan fingerprint density at radius 3 is 1.80 bits per heavy atom. The Morgan fingerprint density at radius 2 is 1.40 bits per heavy atom. The van der Waals surface area contributed by atoms with E-state index < -0.39 is 42.8 Å². The number of benzene rings is 1. The highest BCUT2D eigenvalue weighted by Crippen LogP contribution is 2.29. The summed E-state index contributed by atoms with van der Waals surface area (Å²) in [5.74, 6) is -7.76. The molecule has 0 spiro atoms. The van der Waals surface area contributed by atoms with E-state index in [4.69, 9.17) is 0 Å². The zero-order valence-electron chi connectivity index (χ0n) is 7.11. The van der Waals surface area contributed by atoms with E-state index in [9.17, 15) is 26.0 Å². The molecule has 0 atom stereocenters. The van der Waals surface area contributed by atoms with Crippen LogP contribution < -0.4 is 0 Å². The van der Waals surface area contributed by atoms with E-state index in [0.717, 1.165) is 6.92 Å². The Balaban J connectivity index is 3.84. The highest BCUT2D eigenvalue weighted by atomic mass is 35.7. The average molecular weight is 263 g/mol. The molecule has 0 unspecified atom stereocenters. The van der Waals surface area contributed by atoms with Crippen molar-refractivity contribution in [1.82, 2.24) is 0 Å². The van der Waals surface area contributed by atoms with E-state index >= 15 is 0 Å². The third kappa shape index (κ3) is 1.93. The summed E-state index contributed by atoms with van der Waals surface area (Å²) >= 11 is 0. The molecule has 0 bridgehead atoms. The van der Waals surface area contributed by atoms with E-state index in [0.29, 0.717) is 0 Å². The Hall–Kier alpha value is -0.820. The smallest absolute Gasteiger partial charge is 0.207 e. The van der Waals surface area contributed by atoms with Crippen molar-refractivity contribution in [1.29, 1.82) is 0 Å². The summed E-state index contributed by atoms with van der Waals surface area (Å²) in [6.07, 6.45) is 0. The number of hydrogen-bond acceptors (Lipinski definition) is 2. The van der Waals surface area contributed by atoms with E-state index in [1.807, 2.05) is 0 Å². The van der Waals surface area contributed by atoms with E-state index in [2.05, 4.69) is 10.7 Å². The largest absolute Gasteiger partial charge is 0.267 e. The lowest BCUT2D eigenvalue weighted by atomic mass is 10.2. The molecule has 1 aromatic carbocycles. The van der Waals surface area contributed by atoms with Crippen molar-refractivity contribution in [2.75, 3.05) is 0 Å². The molecule has 0 aliphatic heterocycles. The van der Waals surface area contributed by atoms with Crippen molar-refractivity contribution in [3.05, 3.63) is 28.8 Å². The lowest BCUT2D eigenvalue weighted by Gasteiger charge is -2.06. The predicted octanol–water partition coefficient (Wildman–Crippen LogP) is 2.48. The Morgan fingerprint density at radius 1 is 0.933 bits per heavy atom. The molecule has 0 aromatic heterocycles. The Kier molecular flexibility index (Phi) is 2.97. The van der Waals surface area contributed by atoms with E-state index in [-0.39, 0.29) is 0 Å². The van der Waals surface area contributed by atoms with Gasteiger partial charge in [-0.2, -0.15) is 0 Å². The van der Waals surface area contributed by atoms with Gasteiger partial charge in [-0.05, 0) is 6.92 Å². The summed E-state index contributed by atoms with van der Waals surface area (Å²) in [7, 11) is -0.142. The van der Waals surface area contributed by atoms with Gasteiger partial charge < -0.3 is 0 Å². The van der Waals surface area contributed by atoms with E-state index in [1.54, 1.807) is 0 Å². The van der Waals surface area contributed by atoms with Gasteiger partial charge in [-0.15, -0.1) is 0 Å². The van der Waals surface area contributed by atoms with Crippen LogP contribution in [-0.2, 0) is 9.05 Å². The van der Waals surface area contributed by atoms with Crippen molar-refractivity contribution in [2.45, 2.75) is 11.8 Å². The molecule has 84 valence electrons. The third-order valence-electron chi connectivity index (χ3n) is 1.69. The fraction of sp³-hybridized carbons (Fsp3) is 0.143. The first-order chi connectivity index (χ1) is 6.68. The molecular formula is C7H3ClF4O2S. The lowest BCUT2D eigenvalue weighted by molar-refractivity contribution is 0.406. The SMILES string of the molecule is Cc1c(F)c(F)c(F)c(S(=O)(=O)Cl)c1F. The van der Waals surface area contributed by atoms with E-state index in [1.165, 1.54) is 0 Å². The summed E-state index contributed by atoms with van der Waals surface area (Å²) in [4.78, 5) is -1.68. The zero-order valence-corrected chi connectivity index (χ0v) is 8.69. The molecular weight excluding hydrogens is 260 g/mol. The Bertz CT molecular complexity index is 497. The molecule has 0 amide bonds. The Labute approximate surface area is 86.9 Å². The molecule has 0 aliphatic rings. The topological polar surface area (TPSA) is 34.1 Å². The minimum atomic E-state index is -4.81. The van der Waals surface area contributed by atoms with Gasteiger partial charge in [0.25, 0.3) is 9.05 Å². The van der Waals surface area contributed by atoms with Gasteiger partial charge in [0.15, 0.2) is 28.2 Å². The zero-order chi connectivity index (χ0) is 12.0. The maximum Gasteiger partial charge on any atom is 0.267 e. The molecule has 0 saturated heterocycles. The van der Waals surface area contributed by atoms with Crippen molar-refractivity contribution in [2.24, 2.45) is 0 Å². The molecule has 8 heteroatoms. The number of hydrogen-bond donors (Lipinski definition) is 0. The second-order valence-electron chi connectivity index (χ2n) is 2.65. The standard InChI is InChI=1S/C7H3ClF4O2S/c1-2-3(9)5(11)6(12)7(4(2)10)15(8,13)14/h1H3. The lowest BCUT2D eigenvalue weighted by Crippen LogP contribution is -2.08. The molecule has 15 heavy (non-hydrogen) atoms. The monoisotopic (exact) mass is 262 g/mol. The van der Waals surface area contributed by atoms with Crippen molar-refractivity contribution in [3.63, 3.8) is 0 Å². The van der Waals surface area contributed by atoms with Crippen LogP contribution in [0.5, 0.6) is 0 Å². The van der Waals surface area contributed by atoms with Crippen LogP contribution in [-0.4, -0.2) is 8.42 Å². The van der Waals surface area contributed by atoms with Gasteiger partial charge in [-0.1, -0.05) is 0 Å². The summed E-state index contributed by atoms with van der Waals surface area (Å²) < 4.78 is 72.8. The quantitative estimate of drug-likeness (QED) is 0.337. The first-order valence-electron chi connectivity index (χ1n) is 3.45. The van der Waals surface area contributed by atoms with Crippen LogP contribution in [0.1, 0.15) is 5.56 Å². The fourth-order valence-corrected chi connectivity index (χ4v) is 2.01. The van der Waals surface area contributed by atoms with Gasteiger partial charge >= 0.3 is 0 Å². The van der Waals surface area contributed by atoms with Crippen LogP contribution in [0.4, 0.5) is 17.6 Å². The molecule has 1 aromatic rings. The van der Waals surface area contributed by atoms with Crippen LogP contribution in [0.15, 0.2) is 4.90 Å². The summed E-state index contributed by atoms with van der Waals surface area (Å²) in [5.41, 5.74) is -0.951. The summed E-state index contributed by atoms with van der Waals surface area (Å²) in [5, 5.41) is 0. The second kappa shape index (κ2) is 3.64. The van der Waals surface area contributed by atoms with Gasteiger partial charge in [0.2, 0.25) is 0 Å². The molecule has 2 nitrogen and oxygen atoms in total. The highest BCUT2D eigenvalue weighted by Gasteiger charge is 2.30. The minimum absolute atomic E-state index is 0.763. The normalized spacial score (nSPS) is 11.9. The minimum Gasteiger partial charge on any atom is -0.207 e. The molecule has 0 saturated carbocycles. The summed E-state index contributed by atoms with van der Waals surface area (Å²) in [6.45, 7) is 0.763. The summed E-state index contributed by atoms with van der Waals surface area (Å²) in [6, 6.07) is 0. The van der Waals surface area contributed by atoms with Gasteiger partial charge in [-0.25, -0.2) is 26.0 Å². The first kappa shape index (κ1) is 12.3. The molecule has 0 N–H and O–H groups in total. The molecule has 0 fully saturated rings. The maximum absolute atomic E-state index is 13.1. The van der Waals surface area contributed by atoms with Gasteiger partial charge in [0, 0.05) is 16.2 Å². The average Bonchev–Trinajstić information content (AvgIpc) is 2.09. The predicted molar refractivity (Wildman–Crippen MR) is 44.0 cm³/mol. The van der Waals surface area contributed by atoms with Gasteiger partial charge in [0.05, 0.1) is 0 Å². The van der Waals surface area contributed by atoms with Crippen LogP contribution in [0, 0.1) is 30.2 Å². The third-order valence-corrected chi connectivity index (χ3v) is 3.00. The first-order valence-corrected chi connectivity index (χ1v) is 5.76. The maximum atomic E-state index is 13.1. The van der Waals surface area contributed by atoms with Crippen LogP contribution in [0.3, 0.4) is 0 Å². The van der Waals surface area contributed by atoms with Crippen molar-refractivity contribution < 1.29 is 26.0 Å². The second-order valence-corrected chi connectivity index (χ2v) is 5.15. The highest BCUT2D eigenvalue weighted by molar-refractivity contribution is 8.13. The molecule has 0 aliphatic carbocycles. The molecule has 0 heterocycles. The fourth-order valence-electron chi connectivity index (χ4n) is 0.938. The molecule has 0 radical (unpaired) electrons. The molecule has 1 rings (SSSR count). The van der Waals surface area contributed by atoms with Crippen LogP contribution in [0.2, 0.25) is 0 Å².